The van der Waals surface area contributed by atoms with Gasteiger partial charge in [0.05, 0.1) is 37.1 Å². The molecule has 0 aliphatic heterocycles. The molecule has 8 heteroatoms. The van der Waals surface area contributed by atoms with Gasteiger partial charge in [0, 0.05) is 12.8 Å². The zero-order valence-corrected chi connectivity index (χ0v) is 12.9. The SMILES string of the molecule is CC(C#N)CN=NCC(C)C#N.O=C(O)CCCCC(=O)O. The standard InChI is InChI=1S/C8H12N4.C6H10O4/c1-7(3-9)5-11-12-6-8(2)4-10;7-5(8)3-1-2-4-6(9)10/h7-8H,5-6H2,1-2H3;1-4H2,(H,7,8)(H,9,10). The number of rotatable bonds is 9. The highest BCUT2D eigenvalue weighted by Gasteiger charge is 1.99. The van der Waals surface area contributed by atoms with Crippen LogP contribution < -0.4 is 0 Å². The van der Waals surface area contributed by atoms with E-state index in [0.29, 0.717) is 25.9 Å². The Kier molecular flexibility index (Phi) is 14.8. The number of azo groups is 1. The van der Waals surface area contributed by atoms with Gasteiger partial charge in [-0.1, -0.05) is 0 Å². The number of carboxylic acid groups (broad SMARTS) is 2. The van der Waals surface area contributed by atoms with Crippen molar-refractivity contribution >= 4 is 11.9 Å². The molecule has 0 aromatic rings. The molecule has 0 aromatic heterocycles. The van der Waals surface area contributed by atoms with Gasteiger partial charge in [0.2, 0.25) is 0 Å². The molecule has 0 saturated heterocycles. The summed E-state index contributed by atoms with van der Waals surface area (Å²) < 4.78 is 0. The minimum Gasteiger partial charge on any atom is -0.481 e. The fourth-order valence-electron chi connectivity index (χ4n) is 0.995. The summed E-state index contributed by atoms with van der Waals surface area (Å²) in [6, 6.07) is 4.10. The summed E-state index contributed by atoms with van der Waals surface area (Å²) in [6.07, 6.45) is 1.02. The Bertz CT molecular complexity index is 397. The molecule has 0 aliphatic carbocycles. The Morgan fingerprint density at radius 3 is 1.45 bits per heavy atom. The summed E-state index contributed by atoms with van der Waals surface area (Å²) in [5.74, 6) is -1.92. The lowest BCUT2D eigenvalue weighted by Crippen LogP contribution is -1.97. The minimum atomic E-state index is -0.870. The maximum atomic E-state index is 9.90. The fourth-order valence-corrected chi connectivity index (χ4v) is 0.995. The summed E-state index contributed by atoms with van der Waals surface area (Å²) in [4.78, 5) is 19.8. The maximum Gasteiger partial charge on any atom is 0.303 e. The first kappa shape index (κ1) is 21.8. The summed E-state index contributed by atoms with van der Waals surface area (Å²) in [7, 11) is 0. The van der Waals surface area contributed by atoms with Crippen molar-refractivity contribution in [2.75, 3.05) is 13.1 Å². The van der Waals surface area contributed by atoms with Crippen molar-refractivity contribution in [2.24, 2.45) is 22.1 Å². The molecule has 0 radical (unpaired) electrons. The molecular formula is C14H22N4O4. The number of hydrogen-bond donors (Lipinski definition) is 2. The van der Waals surface area contributed by atoms with Crippen molar-refractivity contribution < 1.29 is 19.8 Å². The monoisotopic (exact) mass is 310 g/mol. The van der Waals surface area contributed by atoms with Crippen LogP contribution in [0.5, 0.6) is 0 Å². The maximum absolute atomic E-state index is 9.90. The van der Waals surface area contributed by atoms with Crippen molar-refractivity contribution in [3.05, 3.63) is 0 Å². The number of carbonyl (C=O) groups is 2. The van der Waals surface area contributed by atoms with Gasteiger partial charge >= 0.3 is 11.9 Å². The fraction of sp³-hybridized carbons (Fsp3) is 0.714. The van der Waals surface area contributed by atoms with Crippen LogP contribution >= 0.6 is 0 Å². The van der Waals surface area contributed by atoms with Crippen LogP contribution in [0.15, 0.2) is 10.2 Å². The summed E-state index contributed by atoms with van der Waals surface area (Å²) >= 11 is 0. The van der Waals surface area contributed by atoms with Crippen molar-refractivity contribution in [2.45, 2.75) is 39.5 Å². The molecular weight excluding hydrogens is 288 g/mol. The Labute approximate surface area is 130 Å². The Balaban J connectivity index is 0. The highest BCUT2D eigenvalue weighted by Crippen LogP contribution is 1.98. The van der Waals surface area contributed by atoms with Crippen molar-refractivity contribution in [1.82, 2.24) is 0 Å². The second-order valence-electron chi connectivity index (χ2n) is 4.70. The zero-order valence-electron chi connectivity index (χ0n) is 12.9. The lowest BCUT2D eigenvalue weighted by atomic mass is 10.2. The minimum absolute atomic E-state index is 0.0628. The highest BCUT2D eigenvalue weighted by atomic mass is 16.4. The normalized spacial score (nSPS) is 12.4. The smallest absolute Gasteiger partial charge is 0.303 e. The molecule has 0 spiro atoms. The van der Waals surface area contributed by atoms with E-state index in [2.05, 4.69) is 10.2 Å². The topological polar surface area (TPSA) is 147 Å². The van der Waals surface area contributed by atoms with Crippen molar-refractivity contribution in [3.63, 3.8) is 0 Å². The first-order chi connectivity index (χ1) is 10.3. The zero-order chi connectivity index (χ0) is 17.4. The van der Waals surface area contributed by atoms with E-state index in [1.165, 1.54) is 0 Å². The van der Waals surface area contributed by atoms with E-state index < -0.39 is 11.9 Å². The molecule has 122 valence electrons. The number of nitriles is 2. The van der Waals surface area contributed by atoms with Crippen LogP contribution in [0.3, 0.4) is 0 Å². The number of nitrogens with zero attached hydrogens (tertiary/aromatic N) is 4. The number of aliphatic carboxylic acids is 2. The lowest BCUT2D eigenvalue weighted by molar-refractivity contribution is -0.139. The second kappa shape index (κ2) is 14.9. The third-order valence-electron chi connectivity index (χ3n) is 2.28. The van der Waals surface area contributed by atoms with Crippen molar-refractivity contribution in [3.8, 4) is 12.1 Å². The predicted molar refractivity (Wildman–Crippen MR) is 77.9 cm³/mol. The summed E-state index contributed by atoms with van der Waals surface area (Å²) in [6.45, 7) is 4.42. The van der Waals surface area contributed by atoms with E-state index >= 15 is 0 Å². The third kappa shape index (κ3) is 19.9. The van der Waals surface area contributed by atoms with Crippen LogP contribution in [0.4, 0.5) is 0 Å². The molecule has 2 atom stereocenters. The first-order valence-electron chi connectivity index (χ1n) is 6.89. The second-order valence-corrected chi connectivity index (χ2v) is 4.70. The quantitative estimate of drug-likeness (QED) is 0.493. The Hall–Kier alpha value is -2.48. The van der Waals surface area contributed by atoms with Gasteiger partial charge in [-0.15, -0.1) is 0 Å². The van der Waals surface area contributed by atoms with Gasteiger partial charge in [-0.25, -0.2) is 0 Å². The molecule has 8 nitrogen and oxygen atoms in total. The van der Waals surface area contributed by atoms with E-state index in [9.17, 15) is 9.59 Å². The average Bonchev–Trinajstić information content (AvgIpc) is 2.47. The van der Waals surface area contributed by atoms with Crippen molar-refractivity contribution in [1.29, 1.82) is 10.5 Å². The molecule has 0 rings (SSSR count). The molecule has 0 saturated carbocycles. The molecule has 0 aliphatic rings. The number of unbranched alkanes of at least 4 members (excludes halogenated alkanes) is 1. The van der Waals surface area contributed by atoms with E-state index in [1.807, 2.05) is 12.1 Å². The lowest BCUT2D eigenvalue weighted by Gasteiger charge is -1.95. The Morgan fingerprint density at radius 1 is 0.909 bits per heavy atom. The van der Waals surface area contributed by atoms with Crippen LogP contribution in [-0.4, -0.2) is 35.2 Å². The van der Waals surface area contributed by atoms with E-state index in [1.54, 1.807) is 13.8 Å². The van der Waals surface area contributed by atoms with Crippen LogP contribution in [-0.2, 0) is 9.59 Å². The van der Waals surface area contributed by atoms with Gasteiger partial charge < -0.3 is 10.2 Å². The van der Waals surface area contributed by atoms with Crippen LogP contribution in [0.1, 0.15) is 39.5 Å². The van der Waals surface area contributed by atoms with Crippen LogP contribution in [0.25, 0.3) is 0 Å². The van der Waals surface area contributed by atoms with Crippen LogP contribution in [0, 0.1) is 34.5 Å². The van der Waals surface area contributed by atoms with Gasteiger partial charge in [-0.2, -0.15) is 20.8 Å². The van der Waals surface area contributed by atoms with Gasteiger partial charge in [-0.05, 0) is 26.7 Å². The van der Waals surface area contributed by atoms with E-state index in [-0.39, 0.29) is 24.7 Å². The average molecular weight is 310 g/mol. The molecule has 0 bridgehead atoms. The highest BCUT2D eigenvalue weighted by molar-refractivity contribution is 5.67. The van der Waals surface area contributed by atoms with Gasteiger partial charge in [0.25, 0.3) is 0 Å². The van der Waals surface area contributed by atoms with E-state index in [0.717, 1.165) is 0 Å². The summed E-state index contributed by atoms with van der Waals surface area (Å²) in [5, 5.41) is 40.6. The molecule has 0 fully saturated rings. The van der Waals surface area contributed by atoms with Crippen LogP contribution in [0.2, 0.25) is 0 Å². The third-order valence-corrected chi connectivity index (χ3v) is 2.28. The molecule has 2 unspecified atom stereocenters. The number of hydrogen-bond acceptors (Lipinski definition) is 6. The van der Waals surface area contributed by atoms with Gasteiger partial charge in [-0.3, -0.25) is 9.59 Å². The molecule has 0 amide bonds. The molecule has 0 aromatic carbocycles. The molecule has 2 N–H and O–H groups in total. The molecule has 0 heterocycles. The van der Waals surface area contributed by atoms with E-state index in [4.69, 9.17) is 20.7 Å². The molecule has 22 heavy (non-hydrogen) atoms. The van der Waals surface area contributed by atoms with Gasteiger partial charge in [0.15, 0.2) is 0 Å². The van der Waals surface area contributed by atoms with Gasteiger partial charge in [0.1, 0.15) is 0 Å². The Morgan fingerprint density at radius 2 is 1.23 bits per heavy atom. The number of carboxylic acids is 2. The first-order valence-corrected chi connectivity index (χ1v) is 6.89. The predicted octanol–water partition coefficient (Wildman–Crippen LogP) is 2.47. The largest absolute Gasteiger partial charge is 0.481 e. The summed E-state index contributed by atoms with van der Waals surface area (Å²) in [5.41, 5.74) is 0.